The summed E-state index contributed by atoms with van der Waals surface area (Å²) in [5, 5.41) is 15.6. The number of aromatic nitrogens is 5. The molecule has 9 heteroatoms. The van der Waals surface area contributed by atoms with Gasteiger partial charge < -0.3 is 5.32 Å². The highest BCUT2D eigenvalue weighted by Gasteiger charge is 2.14. The van der Waals surface area contributed by atoms with Gasteiger partial charge in [-0.15, -0.1) is 10.2 Å². The van der Waals surface area contributed by atoms with Gasteiger partial charge in [0.25, 0.3) is 11.3 Å². The molecule has 0 fully saturated rings. The van der Waals surface area contributed by atoms with Gasteiger partial charge in [-0.1, -0.05) is 59.3 Å². The smallest absolute Gasteiger partial charge is 0.279 e. The van der Waals surface area contributed by atoms with Crippen molar-refractivity contribution in [2.24, 2.45) is 0 Å². The number of hydrogen-bond donors (Lipinski definition) is 2. The summed E-state index contributed by atoms with van der Waals surface area (Å²) in [5.41, 5.74) is 3.56. The van der Waals surface area contributed by atoms with Crippen LogP contribution >= 0.6 is 11.8 Å². The SMILES string of the molecule is Cc1ccc(NC(=O)CSc2nnc3[nH]c(=O)c(-c4ccc(C)cc4)nn23)cc1. The molecule has 29 heavy (non-hydrogen) atoms. The Morgan fingerprint density at radius 2 is 1.69 bits per heavy atom. The Morgan fingerprint density at radius 1 is 1.03 bits per heavy atom. The van der Waals surface area contributed by atoms with Crippen molar-refractivity contribution in [3.63, 3.8) is 0 Å². The summed E-state index contributed by atoms with van der Waals surface area (Å²) in [5.74, 6) is 0.195. The van der Waals surface area contributed by atoms with E-state index in [9.17, 15) is 9.59 Å². The van der Waals surface area contributed by atoms with E-state index < -0.39 is 0 Å². The van der Waals surface area contributed by atoms with Crippen molar-refractivity contribution >= 4 is 29.1 Å². The van der Waals surface area contributed by atoms with Crippen molar-refractivity contribution in [3.8, 4) is 11.3 Å². The van der Waals surface area contributed by atoms with Gasteiger partial charge in [0.15, 0.2) is 5.69 Å². The first-order chi connectivity index (χ1) is 14.0. The lowest BCUT2D eigenvalue weighted by molar-refractivity contribution is -0.113. The summed E-state index contributed by atoms with van der Waals surface area (Å²) >= 11 is 1.19. The maximum atomic E-state index is 12.4. The third kappa shape index (κ3) is 4.19. The van der Waals surface area contributed by atoms with Crippen molar-refractivity contribution in [1.82, 2.24) is 24.8 Å². The van der Waals surface area contributed by atoms with Crippen LogP contribution in [0.1, 0.15) is 11.1 Å². The minimum absolute atomic E-state index is 0.134. The number of benzene rings is 2. The average Bonchev–Trinajstić information content (AvgIpc) is 3.10. The molecule has 0 unspecified atom stereocenters. The fourth-order valence-corrected chi connectivity index (χ4v) is 3.37. The first-order valence-electron chi connectivity index (χ1n) is 8.92. The summed E-state index contributed by atoms with van der Waals surface area (Å²) in [6.07, 6.45) is 0. The third-order valence-electron chi connectivity index (χ3n) is 4.25. The molecule has 0 aliphatic rings. The van der Waals surface area contributed by atoms with Crippen molar-refractivity contribution in [2.75, 3.05) is 11.1 Å². The maximum Gasteiger partial charge on any atom is 0.279 e. The van der Waals surface area contributed by atoms with Crippen LogP contribution in [-0.4, -0.2) is 36.5 Å². The molecule has 4 rings (SSSR count). The number of H-pyrrole nitrogens is 1. The number of rotatable bonds is 5. The van der Waals surface area contributed by atoms with Crippen molar-refractivity contribution in [2.45, 2.75) is 19.0 Å². The number of carbonyl (C=O) groups excluding carboxylic acids is 1. The van der Waals surface area contributed by atoms with E-state index in [-0.39, 0.29) is 28.7 Å². The summed E-state index contributed by atoms with van der Waals surface area (Å²) in [7, 11) is 0. The second-order valence-electron chi connectivity index (χ2n) is 6.59. The minimum Gasteiger partial charge on any atom is -0.325 e. The zero-order chi connectivity index (χ0) is 20.4. The predicted octanol–water partition coefficient (Wildman–Crippen LogP) is 2.83. The molecule has 0 spiro atoms. The van der Waals surface area contributed by atoms with E-state index in [2.05, 4.69) is 25.6 Å². The zero-order valence-electron chi connectivity index (χ0n) is 15.8. The standard InChI is InChI=1S/C20H18N6O2S/c1-12-3-7-14(8-4-12)17-18(28)22-19-23-24-20(26(19)25-17)29-11-16(27)21-15-9-5-13(2)6-10-15/h3-10H,11H2,1-2H3,(H,21,27)(H,22,23,28). The Bertz CT molecular complexity index is 1230. The van der Waals surface area contributed by atoms with Gasteiger partial charge in [0.05, 0.1) is 5.75 Å². The van der Waals surface area contributed by atoms with Crippen LogP contribution < -0.4 is 10.9 Å². The van der Waals surface area contributed by atoms with Crippen molar-refractivity contribution in [1.29, 1.82) is 0 Å². The summed E-state index contributed by atoms with van der Waals surface area (Å²) < 4.78 is 1.44. The number of nitrogens with zero attached hydrogens (tertiary/aromatic N) is 4. The molecule has 0 radical (unpaired) electrons. The molecule has 4 aromatic rings. The lowest BCUT2D eigenvalue weighted by atomic mass is 10.1. The van der Waals surface area contributed by atoms with E-state index in [1.807, 2.05) is 62.4 Å². The predicted molar refractivity (Wildman–Crippen MR) is 112 cm³/mol. The second-order valence-corrected chi connectivity index (χ2v) is 7.53. The van der Waals surface area contributed by atoms with Gasteiger partial charge in [-0.3, -0.25) is 14.6 Å². The molecule has 2 aromatic carbocycles. The molecule has 0 saturated carbocycles. The number of aromatic amines is 1. The molecule has 8 nitrogen and oxygen atoms in total. The van der Waals surface area contributed by atoms with Gasteiger partial charge in [-0.2, -0.15) is 9.61 Å². The van der Waals surface area contributed by atoms with Crippen LogP contribution in [0.4, 0.5) is 5.69 Å². The molecule has 146 valence electrons. The van der Waals surface area contributed by atoms with E-state index in [4.69, 9.17) is 0 Å². The molecule has 0 aliphatic carbocycles. The molecule has 0 aliphatic heterocycles. The van der Waals surface area contributed by atoms with Gasteiger partial charge in [-0.05, 0) is 26.0 Å². The number of anilines is 1. The molecule has 2 N–H and O–H groups in total. The van der Waals surface area contributed by atoms with Crippen LogP contribution in [0.5, 0.6) is 0 Å². The van der Waals surface area contributed by atoms with Gasteiger partial charge in [0, 0.05) is 11.3 Å². The van der Waals surface area contributed by atoms with Crippen molar-refractivity contribution in [3.05, 3.63) is 70.0 Å². The van der Waals surface area contributed by atoms with Crippen molar-refractivity contribution < 1.29 is 4.79 Å². The number of fused-ring (bicyclic) bond motifs is 1. The van der Waals surface area contributed by atoms with E-state index in [0.29, 0.717) is 10.7 Å². The molecule has 2 aromatic heterocycles. The largest absolute Gasteiger partial charge is 0.325 e. The van der Waals surface area contributed by atoms with Gasteiger partial charge in [-0.25, -0.2) is 0 Å². The van der Waals surface area contributed by atoms with Gasteiger partial charge in [0.1, 0.15) is 0 Å². The molecular formula is C20H18N6O2S. The van der Waals surface area contributed by atoms with Crippen LogP contribution in [0.2, 0.25) is 0 Å². The minimum atomic E-state index is -0.345. The number of hydrogen-bond acceptors (Lipinski definition) is 6. The monoisotopic (exact) mass is 406 g/mol. The fraction of sp³-hybridized carbons (Fsp3) is 0.150. The number of carbonyl (C=O) groups is 1. The Hall–Kier alpha value is -3.46. The summed E-state index contributed by atoms with van der Waals surface area (Å²) in [6, 6.07) is 15.1. The number of nitrogens with one attached hydrogen (secondary N) is 2. The lowest BCUT2D eigenvalue weighted by Gasteiger charge is -2.05. The molecular weight excluding hydrogens is 388 g/mol. The first kappa shape index (κ1) is 18.9. The van der Waals surface area contributed by atoms with E-state index in [1.165, 1.54) is 16.3 Å². The molecule has 2 heterocycles. The highest BCUT2D eigenvalue weighted by Crippen LogP contribution is 2.18. The van der Waals surface area contributed by atoms with Crippen LogP contribution in [0.3, 0.4) is 0 Å². The van der Waals surface area contributed by atoms with Gasteiger partial charge in [0.2, 0.25) is 11.1 Å². The Labute approximate surface area is 170 Å². The normalized spacial score (nSPS) is 11.0. The fourth-order valence-electron chi connectivity index (χ4n) is 2.69. The summed E-state index contributed by atoms with van der Waals surface area (Å²) in [6.45, 7) is 3.96. The van der Waals surface area contributed by atoms with E-state index >= 15 is 0 Å². The quantitative estimate of drug-likeness (QED) is 0.494. The Balaban J connectivity index is 1.54. The lowest BCUT2D eigenvalue weighted by Crippen LogP contribution is -2.16. The van der Waals surface area contributed by atoms with Crippen LogP contribution in [-0.2, 0) is 4.79 Å². The average molecular weight is 406 g/mol. The Morgan fingerprint density at radius 3 is 2.38 bits per heavy atom. The second kappa shape index (κ2) is 7.88. The van der Waals surface area contributed by atoms with Gasteiger partial charge >= 0.3 is 0 Å². The van der Waals surface area contributed by atoms with Crippen LogP contribution in [0.25, 0.3) is 17.0 Å². The van der Waals surface area contributed by atoms with Crippen LogP contribution in [0, 0.1) is 13.8 Å². The first-order valence-corrected chi connectivity index (χ1v) is 9.90. The molecule has 1 amide bonds. The summed E-state index contributed by atoms with van der Waals surface area (Å²) in [4.78, 5) is 27.3. The number of aryl methyl sites for hydroxylation is 2. The maximum absolute atomic E-state index is 12.4. The highest BCUT2D eigenvalue weighted by atomic mass is 32.2. The van der Waals surface area contributed by atoms with Crippen LogP contribution in [0.15, 0.2) is 58.5 Å². The van der Waals surface area contributed by atoms with E-state index in [0.717, 1.165) is 16.8 Å². The molecule has 0 atom stereocenters. The Kier molecular flexibility index (Phi) is 5.13. The number of amides is 1. The highest BCUT2D eigenvalue weighted by molar-refractivity contribution is 7.99. The third-order valence-corrected chi connectivity index (χ3v) is 5.16. The topological polar surface area (TPSA) is 105 Å². The zero-order valence-corrected chi connectivity index (χ0v) is 16.7. The number of thioether (sulfide) groups is 1. The molecule has 0 saturated heterocycles. The van der Waals surface area contributed by atoms with E-state index in [1.54, 1.807) is 0 Å². The molecule has 0 bridgehead atoms.